The lowest BCUT2D eigenvalue weighted by Crippen LogP contribution is -2.02. The summed E-state index contributed by atoms with van der Waals surface area (Å²) in [5, 5.41) is 10.6. The fraction of sp³-hybridized carbons (Fsp3) is 0. The van der Waals surface area contributed by atoms with E-state index in [1.807, 2.05) is 18.2 Å². The van der Waals surface area contributed by atoms with E-state index in [0.29, 0.717) is 5.69 Å². The van der Waals surface area contributed by atoms with E-state index in [-0.39, 0.29) is 5.56 Å². The molecule has 2 rings (SSSR count). The highest BCUT2D eigenvalue weighted by Crippen LogP contribution is 2.31. The summed E-state index contributed by atoms with van der Waals surface area (Å²) in [6.45, 7) is 0. The lowest BCUT2D eigenvalue weighted by molar-refractivity contribution is 0.0698. The fourth-order valence-corrected chi connectivity index (χ4v) is 2.14. The van der Waals surface area contributed by atoms with Crippen LogP contribution in [0.1, 0.15) is 10.4 Å². The van der Waals surface area contributed by atoms with Gasteiger partial charge in [0, 0.05) is 9.86 Å². The summed E-state index contributed by atoms with van der Waals surface area (Å²) < 4.78 is 0.806. The van der Waals surface area contributed by atoms with Gasteiger partial charge in [-0.2, -0.15) is 0 Å². The average molecular weight is 266 g/mol. The second kappa shape index (κ2) is 3.55. The summed E-state index contributed by atoms with van der Waals surface area (Å²) in [5.41, 5.74) is 6.24. The quantitative estimate of drug-likeness (QED) is 0.780. The molecule has 0 bridgehead atoms. The van der Waals surface area contributed by atoms with Gasteiger partial charge in [-0.25, -0.2) is 4.79 Å². The van der Waals surface area contributed by atoms with Crippen molar-refractivity contribution in [3.05, 3.63) is 40.4 Å². The van der Waals surface area contributed by atoms with Crippen molar-refractivity contribution in [2.24, 2.45) is 0 Å². The molecule has 0 aromatic heterocycles. The third-order valence-electron chi connectivity index (χ3n) is 2.27. The molecule has 3 nitrogen and oxygen atoms in total. The molecule has 0 aliphatic carbocycles. The zero-order valence-corrected chi connectivity index (χ0v) is 9.28. The van der Waals surface area contributed by atoms with Gasteiger partial charge in [0.15, 0.2) is 0 Å². The molecule has 3 N–H and O–H groups in total. The van der Waals surface area contributed by atoms with Crippen LogP contribution in [0.3, 0.4) is 0 Å². The molecule has 0 heterocycles. The monoisotopic (exact) mass is 265 g/mol. The number of benzene rings is 2. The second-order valence-electron chi connectivity index (χ2n) is 3.17. The average Bonchev–Trinajstić information content (AvgIpc) is 2.17. The maximum atomic E-state index is 10.9. The number of anilines is 1. The van der Waals surface area contributed by atoms with E-state index in [2.05, 4.69) is 15.9 Å². The molecule has 0 saturated heterocycles. The first-order chi connectivity index (χ1) is 7.11. The van der Waals surface area contributed by atoms with Crippen molar-refractivity contribution >= 4 is 38.4 Å². The number of aromatic carboxylic acids is 1. The summed E-state index contributed by atoms with van der Waals surface area (Å²) in [4.78, 5) is 10.9. The zero-order chi connectivity index (χ0) is 11.0. The first kappa shape index (κ1) is 9.98. The number of nitrogen functional groups attached to an aromatic ring is 1. The molecule has 0 fully saturated rings. The Morgan fingerprint density at radius 1 is 1.27 bits per heavy atom. The molecule has 0 saturated carbocycles. The molecule has 2 aromatic carbocycles. The van der Waals surface area contributed by atoms with Gasteiger partial charge >= 0.3 is 5.97 Å². The number of hydrogen-bond acceptors (Lipinski definition) is 2. The normalized spacial score (nSPS) is 10.5. The molecule has 0 aliphatic heterocycles. The van der Waals surface area contributed by atoms with E-state index in [4.69, 9.17) is 10.8 Å². The second-order valence-corrected chi connectivity index (χ2v) is 4.02. The first-order valence-corrected chi connectivity index (χ1v) is 5.10. The molecule has 0 unspecified atom stereocenters. The van der Waals surface area contributed by atoms with Crippen LogP contribution < -0.4 is 5.73 Å². The minimum atomic E-state index is -1.01. The van der Waals surface area contributed by atoms with Gasteiger partial charge in [-0.1, -0.05) is 34.1 Å². The van der Waals surface area contributed by atoms with Crippen molar-refractivity contribution in [2.75, 3.05) is 5.73 Å². The van der Waals surface area contributed by atoms with Gasteiger partial charge in [0.2, 0.25) is 0 Å². The lowest BCUT2D eigenvalue weighted by atomic mass is 10.0. The Balaban J connectivity index is 2.89. The number of carboxylic acid groups (broad SMARTS) is 1. The van der Waals surface area contributed by atoms with Gasteiger partial charge in [0.25, 0.3) is 0 Å². The van der Waals surface area contributed by atoms with Gasteiger partial charge in [-0.05, 0) is 17.5 Å². The van der Waals surface area contributed by atoms with Crippen molar-refractivity contribution < 1.29 is 9.90 Å². The number of halogens is 1. The Labute approximate surface area is 94.6 Å². The summed E-state index contributed by atoms with van der Waals surface area (Å²) >= 11 is 3.36. The van der Waals surface area contributed by atoms with Gasteiger partial charge in [-0.3, -0.25) is 0 Å². The fourth-order valence-electron chi connectivity index (χ4n) is 1.55. The number of nitrogens with two attached hydrogens (primary N) is 1. The maximum Gasteiger partial charge on any atom is 0.337 e. The standard InChI is InChI=1S/C11H8BrNO2/c12-8-3-1-2-6-4-5-7(11(14)15)10(13)9(6)8/h1-5H,13H2,(H,14,15). The number of rotatable bonds is 1. The third kappa shape index (κ3) is 1.57. The molecule has 0 atom stereocenters. The minimum absolute atomic E-state index is 0.134. The summed E-state index contributed by atoms with van der Waals surface area (Å²) in [7, 11) is 0. The molecule has 0 spiro atoms. The van der Waals surface area contributed by atoms with E-state index in [1.165, 1.54) is 6.07 Å². The van der Waals surface area contributed by atoms with E-state index >= 15 is 0 Å². The molecule has 2 aromatic rings. The highest BCUT2D eigenvalue weighted by atomic mass is 79.9. The van der Waals surface area contributed by atoms with E-state index in [0.717, 1.165) is 15.2 Å². The lowest BCUT2D eigenvalue weighted by Gasteiger charge is -2.07. The number of fused-ring (bicyclic) bond motifs is 1. The zero-order valence-electron chi connectivity index (χ0n) is 7.70. The predicted octanol–water partition coefficient (Wildman–Crippen LogP) is 2.88. The Hall–Kier alpha value is -1.55. The Bertz CT molecular complexity index is 552. The topological polar surface area (TPSA) is 63.3 Å². The van der Waals surface area contributed by atoms with Crippen LogP contribution >= 0.6 is 15.9 Å². The van der Waals surface area contributed by atoms with Crippen molar-refractivity contribution in [1.82, 2.24) is 0 Å². The number of hydrogen-bond donors (Lipinski definition) is 2. The van der Waals surface area contributed by atoms with E-state index < -0.39 is 5.97 Å². The first-order valence-electron chi connectivity index (χ1n) is 4.31. The molecule has 4 heteroatoms. The van der Waals surface area contributed by atoms with Crippen LogP contribution in [-0.2, 0) is 0 Å². The third-order valence-corrected chi connectivity index (χ3v) is 2.93. The van der Waals surface area contributed by atoms with Gasteiger partial charge in [-0.15, -0.1) is 0 Å². The Morgan fingerprint density at radius 2 is 2.00 bits per heavy atom. The highest BCUT2D eigenvalue weighted by Gasteiger charge is 2.11. The molecular formula is C11H8BrNO2. The predicted molar refractivity (Wildman–Crippen MR) is 63.0 cm³/mol. The van der Waals surface area contributed by atoms with Gasteiger partial charge in [0.1, 0.15) is 0 Å². The minimum Gasteiger partial charge on any atom is -0.478 e. The van der Waals surface area contributed by atoms with Crippen LogP contribution in [0.4, 0.5) is 5.69 Å². The number of carbonyl (C=O) groups is 1. The summed E-state index contributed by atoms with van der Waals surface area (Å²) in [5.74, 6) is -1.01. The van der Waals surface area contributed by atoms with Crippen LogP contribution in [0, 0.1) is 0 Å². The van der Waals surface area contributed by atoms with Crippen molar-refractivity contribution in [2.45, 2.75) is 0 Å². The van der Waals surface area contributed by atoms with Crippen LogP contribution in [0.25, 0.3) is 10.8 Å². The van der Waals surface area contributed by atoms with Crippen LogP contribution in [0.5, 0.6) is 0 Å². The van der Waals surface area contributed by atoms with Crippen LogP contribution in [0.2, 0.25) is 0 Å². The van der Waals surface area contributed by atoms with Gasteiger partial charge in [0.05, 0.1) is 11.3 Å². The van der Waals surface area contributed by atoms with Crippen LogP contribution in [-0.4, -0.2) is 11.1 Å². The molecule has 15 heavy (non-hydrogen) atoms. The SMILES string of the molecule is Nc1c(C(=O)O)ccc2cccc(Br)c12. The van der Waals surface area contributed by atoms with E-state index in [1.54, 1.807) is 6.07 Å². The highest BCUT2D eigenvalue weighted by molar-refractivity contribution is 9.10. The Morgan fingerprint density at radius 3 is 2.67 bits per heavy atom. The van der Waals surface area contributed by atoms with Gasteiger partial charge < -0.3 is 10.8 Å². The van der Waals surface area contributed by atoms with Crippen molar-refractivity contribution in [3.63, 3.8) is 0 Å². The van der Waals surface area contributed by atoms with Crippen molar-refractivity contribution in [1.29, 1.82) is 0 Å². The molecule has 0 radical (unpaired) electrons. The summed E-state index contributed by atoms with van der Waals surface area (Å²) in [6, 6.07) is 8.88. The largest absolute Gasteiger partial charge is 0.478 e. The number of carboxylic acids is 1. The van der Waals surface area contributed by atoms with Crippen molar-refractivity contribution in [3.8, 4) is 0 Å². The smallest absolute Gasteiger partial charge is 0.337 e. The molecule has 76 valence electrons. The van der Waals surface area contributed by atoms with E-state index in [9.17, 15) is 4.79 Å². The molecule has 0 aliphatic rings. The molecular weight excluding hydrogens is 258 g/mol. The summed E-state index contributed by atoms with van der Waals surface area (Å²) in [6.07, 6.45) is 0. The maximum absolute atomic E-state index is 10.9. The Kier molecular flexibility index (Phi) is 2.36. The molecule has 0 amide bonds. The van der Waals surface area contributed by atoms with Crippen LogP contribution in [0.15, 0.2) is 34.8 Å².